The first-order chi connectivity index (χ1) is 16.0. The summed E-state index contributed by atoms with van der Waals surface area (Å²) in [6.07, 6.45) is 2.02. The summed E-state index contributed by atoms with van der Waals surface area (Å²) in [6.45, 7) is 0. The average molecular weight is 462 g/mol. The summed E-state index contributed by atoms with van der Waals surface area (Å²) in [7, 11) is 0. The van der Waals surface area contributed by atoms with Gasteiger partial charge in [-0.2, -0.15) is 0 Å². The van der Waals surface area contributed by atoms with Gasteiger partial charge in [-0.05, 0) is 48.7 Å². The molecule has 3 N–H and O–H groups in total. The summed E-state index contributed by atoms with van der Waals surface area (Å²) in [6, 6.07) is 22.6. The molecule has 1 unspecified atom stereocenters. The SMILES string of the molecule is O=C(CC(NC(=O)c1ccccc1Cl)c1ccccc1)Nc1cccc(C(=O)NC2CC2)c1. The van der Waals surface area contributed by atoms with Crippen molar-refractivity contribution in [2.24, 2.45) is 0 Å². The van der Waals surface area contributed by atoms with E-state index in [2.05, 4.69) is 16.0 Å². The quantitative estimate of drug-likeness (QED) is 0.453. The van der Waals surface area contributed by atoms with Gasteiger partial charge in [-0.25, -0.2) is 0 Å². The zero-order chi connectivity index (χ0) is 23.2. The van der Waals surface area contributed by atoms with Gasteiger partial charge in [0.2, 0.25) is 5.91 Å². The molecule has 3 amide bonds. The molecule has 1 aliphatic carbocycles. The van der Waals surface area contributed by atoms with Crippen LogP contribution >= 0.6 is 11.6 Å². The van der Waals surface area contributed by atoms with Gasteiger partial charge < -0.3 is 16.0 Å². The fourth-order valence-electron chi connectivity index (χ4n) is 3.45. The number of benzene rings is 3. The Kier molecular flexibility index (Phi) is 7.05. The number of anilines is 1. The van der Waals surface area contributed by atoms with Gasteiger partial charge in [0.25, 0.3) is 11.8 Å². The van der Waals surface area contributed by atoms with Crippen LogP contribution < -0.4 is 16.0 Å². The first-order valence-corrected chi connectivity index (χ1v) is 11.2. The lowest BCUT2D eigenvalue weighted by Gasteiger charge is -2.19. The highest BCUT2D eigenvalue weighted by Gasteiger charge is 2.24. The van der Waals surface area contributed by atoms with Crippen molar-refractivity contribution < 1.29 is 14.4 Å². The Morgan fingerprint density at radius 2 is 1.61 bits per heavy atom. The molecule has 0 aromatic heterocycles. The van der Waals surface area contributed by atoms with Crippen LogP contribution in [-0.4, -0.2) is 23.8 Å². The predicted molar refractivity (Wildman–Crippen MR) is 128 cm³/mol. The molecule has 4 rings (SSSR count). The van der Waals surface area contributed by atoms with Crippen molar-refractivity contribution in [1.29, 1.82) is 0 Å². The fraction of sp³-hybridized carbons (Fsp3) is 0.192. The van der Waals surface area contributed by atoms with Crippen LogP contribution in [0.1, 0.15) is 51.6 Å². The molecule has 3 aromatic carbocycles. The molecule has 3 aromatic rings. The second-order valence-electron chi connectivity index (χ2n) is 8.00. The third kappa shape index (κ3) is 6.20. The second-order valence-corrected chi connectivity index (χ2v) is 8.40. The molecule has 33 heavy (non-hydrogen) atoms. The Morgan fingerprint density at radius 3 is 2.33 bits per heavy atom. The number of nitrogens with one attached hydrogen (secondary N) is 3. The lowest BCUT2D eigenvalue weighted by Crippen LogP contribution is -2.31. The molecular formula is C26H24ClN3O3. The van der Waals surface area contributed by atoms with E-state index in [1.54, 1.807) is 48.5 Å². The lowest BCUT2D eigenvalue weighted by atomic mass is 10.0. The number of rotatable bonds is 8. The van der Waals surface area contributed by atoms with Crippen LogP contribution in [0, 0.1) is 0 Å². The minimum Gasteiger partial charge on any atom is -0.349 e. The summed E-state index contributed by atoms with van der Waals surface area (Å²) in [5.74, 6) is -0.799. The van der Waals surface area contributed by atoms with Gasteiger partial charge in [0.05, 0.1) is 23.0 Å². The Hall–Kier alpha value is -3.64. The first-order valence-electron chi connectivity index (χ1n) is 10.8. The van der Waals surface area contributed by atoms with Crippen molar-refractivity contribution in [1.82, 2.24) is 10.6 Å². The Labute approximate surface area is 197 Å². The summed E-state index contributed by atoms with van der Waals surface area (Å²) < 4.78 is 0. The zero-order valence-corrected chi connectivity index (χ0v) is 18.6. The van der Waals surface area contributed by atoms with E-state index in [0.29, 0.717) is 21.8 Å². The van der Waals surface area contributed by atoms with Gasteiger partial charge >= 0.3 is 0 Å². The van der Waals surface area contributed by atoms with Crippen LogP contribution in [0.2, 0.25) is 5.02 Å². The highest BCUT2D eigenvalue weighted by atomic mass is 35.5. The molecular weight excluding hydrogens is 438 g/mol. The monoisotopic (exact) mass is 461 g/mol. The van der Waals surface area contributed by atoms with Crippen LogP contribution in [0.15, 0.2) is 78.9 Å². The number of amides is 3. The summed E-state index contributed by atoms with van der Waals surface area (Å²) in [4.78, 5) is 38.0. The van der Waals surface area contributed by atoms with E-state index < -0.39 is 6.04 Å². The molecule has 7 heteroatoms. The van der Waals surface area contributed by atoms with Crippen molar-refractivity contribution in [2.75, 3.05) is 5.32 Å². The van der Waals surface area contributed by atoms with E-state index in [4.69, 9.17) is 11.6 Å². The topological polar surface area (TPSA) is 87.3 Å². The Balaban J connectivity index is 1.46. The van der Waals surface area contributed by atoms with Crippen molar-refractivity contribution in [3.63, 3.8) is 0 Å². The summed E-state index contributed by atoms with van der Waals surface area (Å²) >= 11 is 6.16. The third-order valence-electron chi connectivity index (χ3n) is 5.34. The van der Waals surface area contributed by atoms with Crippen molar-refractivity contribution in [2.45, 2.75) is 31.3 Å². The molecule has 0 radical (unpaired) electrons. The van der Waals surface area contributed by atoms with Crippen LogP contribution in [-0.2, 0) is 4.79 Å². The van der Waals surface area contributed by atoms with Crippen molar-refractivity contribution in [3.05, 3.63) is 101 Å². The molecule has 0 saturated heterocycles. The maximum absolute atomic E-state index is 12.9. The predicted octanol–water partition coefficient (Wildman–Crippen LogP) is 4.73. The zero-order valence-electron chi connectivity index (χ0n) is 17.9. The normalized spacial score (nSPS) is 13.6. The highest BCUT2D eigenvalue weighted by molar-refractivity contribution is 6.33. The molecule has 0 spiro atoms. The van der Waals surface area contributed by atoms with E-state index in [1.807, 2.05) is 30.3 Å². The number of carbonyl (C=O) groups excluding carboxylic acids is 3. The van der Waals surface area contributed by atoms with Crippen LogP contribution in [0.4, 0.5) is 5.69 Å². The molecule has 0 bridgehead atoms. The summed E-state index contributed by atoms with van der Waals surface area (Å²) in [5.41, 5.74) is 2.15. The molecule has 1 saturated carbocycles. The number of hydrogen-bond donors (Lipinski definition) is 3. The van der Waals surface area contributed by atoms with Gasteiger partial charge in [-0.1, -0.05) is 60.1 Å². The van der Waals surface area contributed by atoms with Crippen LogP contribution in [0.3, 0.4) is 0 Å². The molecule has 1 fully saturated rings. The summed E-state index contributed by atoms with van der Waals surface area (Å²) in [5, 5.41) is 9.03. The van der Waals surface area contributed by atoms with E-state index in [9.17, 15) is 14.4 Å². The van der Waals surface area contributed by atoms with E-state index in [-0.39, 0.29) is 30.2 Å². The van der Waals surface area contributed by atoms with Gasteiger partial charge in [-0.3, -0.25) is 14.4 Å². The van der Waals surface area contributed by atoms with Crippen molar-refractivity contribution >= 4 is 35.0 Å². The van der Waals surface area contributed by atoms with Gasteiger partial charge in [0.1, 0.15) is 0 Å². The lowest BCUT2D eigenvalue weighted by molar-refractivity contribution is -0.116. The number of hydrogen-bond acceptors (Lipinski definition) is 3. The smallest absolute Gasteiger partial charge is 0.253 e. The molecule has 0 heterocycles. The van der Waals surface area contributed by atoms with Gasteiger partial charge in [0, 0.05) is 17.3 Å². The maximum atomic E-state index is 12.9. The molecule has 6 nitrogen and oxygen atoms in total. The largest absolute Gasteiger partial charge is 0.349 e. The fourth-order valence-corrected chi connectivity index (χ4v) is 3.67. The molecule has 1 atom stereocenters. The first kappa shape index (κ1) is 22.6. The standard InChI is InChI=1S/C26H24ClN3O3/c27-22-12-5-4-11-21(22)26(33)30-23(17-7-2-1-3-8-17)16-24(31)28-20-10-6-9-18(15-20)25(32)29-19-13-14-19/h1-12,15,19,23H,13-14,16H2,(H,28,31)(H,29,32)(H,30,33). The van der Waals surface area contributed by atoms with Crippen LogP contribution in [0.25, 0.3) is 0 Å². The van der Waals surface area contributed by atoms with Gasteiger partial charge in [-0.15, -0.1) is 0 Å². The molecule has 0 aliphatic heterocycles. The minimum atomic E-state index is -0.559. The average Bonchev–Trinajstić information content (AvgIpc) is 3.63. The second kappa shape index (κ2) is 10.3. The van der Waals surface area contributed by atoms with E-state index in [0.717, 1.165) is 18.4 Å². The maximum Gasteiger partial charge on any atom is 0.253 e. The highest BCUT2D eigenvalue weighted by Crippen LogP contribution is 2.22. The number of halogens is 1. The Bertz CT molecular complexity index is 1160. The van der Waals surface area contributed by atoms with Crippen LogP contribution in [0.5, 0.6) is 0 Å². The van der Waals surface area contributed by atoms with E-state index in [1.165, 1.54) is 0 Å². The third-order valence-corrected chi connectivity index (χ3v) is 5.67. The van der Waals surface area contributed by atoms with Crippen molar-refractivity contribution in [3.8, 4) is 0 Å². The van der Waals surface area contributed by atoms with E-state index >= 15 is 0 Å². The Morgan fingerprint density at radius 1 is 0.879 bits per heavy atom. The molecule has 168 valence electrons. The minimum absolute atomic E-state index is 0.0126. The molecule has 1 aliphatic rings. The number of carbonyl (C=O) groups is 3. The van der Waals surface area contributed by atoms with Gasteiger partial charge in [0.15, 0.2) is 0 Å².